The highest BCUT2D eigenvalue weighted by Crippen LogP contribution is 2.45. The topological polar surface area (TPSA) is 132 Å². The van der Waals surface area contributed by atoms with Crippen molar-refractivity contribution in [1.29, 1.82) is 0 Å². The molecule has 5 rings (SSSR count). The number of nitrogens with zero attached hydrogens (tertiary/aromatic N) is 3. The van der Waals surface area contributed by atoms with Crippen molar-refractivity contribution in [3.63, 3.8) is 0 Å². The number of amides is 3. The molecule has 2 fully saturated rings. The molecule has 2 aromatic heterocycles. The van der Waals surface area contributed by atoms with Gasteiger partial charge in [-0.05, 0) is 17.7 Å². The molecule has 10 nitrogen and oxygen atoms in total. The summed E-state index contributed by atoms with van der Waals surface area (Å²) in [7, 11) is 1.52. The van der Waals surface area contributed by atoms with Gasteiger partial charge in [-0.1, -0.05) is 12.1 Å². The normalized spacial score (nSPS) is 21.7. The molecular formula is C21H22N6O4. The molecule has 4 N–H and O–H groups in total. The first-order valence-corrected chi connectivity index (χ1v) is 10.1. The zero-order valence-electron chi connectivity index (χ0n) is 16.8. The van der Waals surface area contributed by atoms with Crippen LogP contribution in [0.4, 0.5) is 4.79 Å². The van der Waals surface area contributed by atoms with Crippen LogP contribution in [0.2, 0.25) is 0 Å². The van der Waals surface area contributed by atoms with E-state index in [2.05, 4.69) is 20.7 Å². The van der Waals surface area contributed by atoms with E-state index >= 15 is 0 Å². The summed E-state index contributed by atoms with van der Waals surface area (Å²) in [6.45, 7) is 1.20. The fourth-order valence-electron chi connectivity index (χ4n) is 4.53. The largest absolute Gasteiger partial charge is 0.465 e. The van der Waals surface area contributed by atoms with Crippen LogP contribution in [-0.4, -0.2) is 68.9 Å². The molecule has 0 bridgehead atoms. The van der Waals surface area contributed by atoms with Crippen molar-refractivity contribution in [2.24, 2.45) is 11.8 Å². The molecule has 3 aromatic rings. The van der Waals surface area contributed by atoms with Crippen LogP contribution in [0.3, 0.4) is 0 Å². The quantitative estimate of drug-likeness (QED) is 0.489. The van der Waals surface area contributed by atoms with Crippen molar-refractivity contribution >= 4 is 28.8 Å². The minimum absolute atomic E-state index is 0.0528. The zero-order chi connectivity index (χ0) is 21.7. The number of hydrogen-bond donors (Lipinski definition) is 4. The first-order valence-electron chi connectivity index (χ1n) is 10.1. The average Bonchev–Trinajstić information content (AvgIpc) is 3.25. The number of fused-ring (bicyclic) bond motifs is 2. The Balaban J connectivity index is 1.38. The van der Waals surface area contributed by atoms with Crippen LogP contribution in [0.1, 0.15) is 26.5 Å². The number of benzene rings is 1. The van der Waals surface area contributed by atoms with Crippen molar-refractivity contribution in [2.75, 3.05) is 20.1 Å². The molecule has 160 valence electrons. The molecule has 0 spiro atoms. The van der Waals surface area contributed by atoms with Crippen LogP contribution in [0.15, 0.2) is 36.5 Å². The standard InChI is InChI=1S/C21H22N6O4/c1-22-19(28)16-7-17(20(29)24-18-13-9-26(21(30)31)10-14(13)18)27(25-16)8-11-3-2-4-15-12(11)5-6-23-15/h2-7,13-14,18,23H,8-10H2,1H3,(H,22,28)(H,24,29)(H,30,31)/t13-,14+,18?. The van der Waals surface area contributed by atoms with Crippen LogP contribution in [-0.2, 0) is 6.54 Å². The smallest absolute Gasteiger partial charge is 0.407 e. The molecule has 1 unspecified atom stereocenters. The van der Waals surface area contributed by atoms with E-state index in [4.69, 9.17) is 5.11 Å². The third-order valence-corrected chi connectivity index (χ3v) is 6.24. The summed E-state index contributed by atoms with van der Waals surface area (Å²) in [5.74, 6) is -0.398. The lowest BCUT2D eigenvalue weighted by atomic mass is 10.1. The van der Waals surface area contributed by atoms with Gasteiger partial charge in [0.15, 0.2) is 5.69 Å². The summed E-state index contributed by atoms with van der Waals surface area (Å²) in [6, 6.07) is 9.27. The van der Waals surface area contributed by atoms with Crippen molar-refractivity contribution in [3.8, 4) is 0 Å². The Hall–Kier alpha value is -3.82. The Morgan fingerprint density at radius 3 is 2.68 bits per heavy atom. The van der Waals surface area contributed by atoms with Crippen molar-refractivity contribution in [3.05, 3.63) is 53.5 Å². The lowest BCUT2D eigenvalue weighted by molar-refractivity contribution is 0.0930. The van der Waals surface area contributed by atoms with Gasteiger partial charge in [0.1, 0.15) is 5.69 Å². The molecule has 1 aliphatic carbocycles. The SMILES string of the molecule is CNC(=O)c1cc(C(=O)NC2[C@H]3CN(C(=O)O)C[C@@H]23)n(Cc2cccc3[nH]ccc23)n1. The summed E-state index contributed by atoms with van der Waals surface area (Å²) >= 11 is 0. The first kappa shape index (κ1) is 19.2. The highest BCUT2D eigenvalue weighted by Gasteiger charge is 2.57. The molecule has 3 heterocycles. The number of piperidine rings is 1. The van der Waals surface area contributed by atoms with E-state index in [1.807, 2.05) is 30.5 Å². The Morgan fingerprint density at radius 1 is 1.19 bits per heavy atom. The second-order valence-electron chi connectivity index (χ2n) is 8.02. The Bertz CT molecular complexity index is 1190. The van der Waals surface area contributed by atoms with Crippen LogP contribution in [0.25, 0.3) is 10.9 Å². The molecule has 1 aromatic carbocycles. The molecule has 3 atom stereocenters. The van der Waals surface area contributed by atoms with Gasteiger partial charge in [-0.3, -0.25) is 14.3 Å². The number of rotatable bonds is 5. The zero-order valence-corrected chi connectivity index (χ0v) is 16.8. The van der Waals surface area contributed by atoms with E-state index in [0.717, 1.165) is 16.5 Å². The van der Waals surface area contributed by atoms with Gasteiger partial charge in [0, 0.05) is 61.2 Å². The lowest BCUT2D eigenvalue weighted by Crippen LogP contribution is -2.37. The molecule has 1 aliphatic heterocycles. The number of carbonyl (C=O) groups is 3. The summed E-state index contributed by atoms with van der Waals surface area (Å²) in [5.41, 5.74) is 2.42. The predicted octanol–water partition coefficient (Wildman–Crippen LogP) is 1.11. The number of carbonyl (C=O) groups excluding carboxylic acids is 2. The highest BCUT2D eigenvalue weighted by atomic mass is 16.4. The van der Waals surface area contributed by atoms with Gasteiger partial charge in [0.25, 0.3) is 11.8 Å². The number of hydrogen-bond acceptors (Lipinski definition) is 4. The van der Waals surface area contributed by atoms with Gasteiger partial charge in [-0.15, -0.1) is 0 Å². The molecule has 10 heteroatoms. The van der Waals surface area contributed by atoms with E-state index in [1.165, 1.54) is 18.0 Å². The van der Waals surface area contributed by atoms with E-state index in [-0.39, 0.29) is 35.4 Å². The number of aromatic nitrogens is 3. The summed E-state index contributed by atoms with van der Waals surface area (Å²) in [4.78, 5) is 40.8. The maximum absolute atomic E-state index is 13.1. The number of carboxylic acid groups (broad SMARTS) is 1. The number of likely N-dealkylation sites (tertiary alicyclic amines) is 1. The third-order valence-electron chi connectivity index (χ3n) is 6.24. The van der Waals surface area contributed by atoms with Gasteiger partial charge in [-0.25, -0.2) is 4.79 Å². The van der Waals surface area contributed by atoms with E-state index in [0.29, 0.717) is 25.3 Å². The van der Waals surface area contributed by atoms with E-state index in [1.54, 1.807) is 4.68 Å². The lowest BCUT2D eigenvalue weighted by Gasteiger charge is -2.16. The Morgan fingerprint density at radius 2 is 1.97 bits per heavy atom. The summed E-state index contributed by atoms with van der Waals surface area (Å²) in [6.07, 6.45) is 0.928. The molecule has 3 amide bonds. The minimum Gasteiger partial charge on any atom is -0.465 e. The maximum atomic E-state index is 13.1. The fourth-order valence-corrected chi connectivity index (χ4v) is 4.53. The third kappa shape index (κ3) is 3.29. The monoisotopic (exact) mass is 422 g/mol. The average molecular weight is 422 g/mol. The number of nitrogens with one attached hydrogen (secondary N) is 3. The molecule has 2 aliphatic rings. The Kier molecular flexibility index (Phi) is 4.42. The van der Waals surface area contributed by atoms with E-state index < -0.39 is 6.09 Å². The number of H-pyrrole nitrogens is 1. The van der Waals surface area contributed by atoms with Gasteiger partial charge >= 0.3 is 6.09 Å². The summed E-state index contributed by atoms with van der Waals surface area (Å²) < 4.78 is 1.55. The van der Waals surface area contributed by atoms with Gasteiger partial charge in [0.05, 0.1) is 6.54 Å². The van der Waals surface area contributed by atoms with Gasteiger partial charge in [0.2, 0.25) is 0 Å². The fraction of sp³-hybridized carbons (Fsp3) is 0.333. The van der Waals surface area contributed by atoms with Gasteiger partial charge in [-0.2, -0.15) is 5.10 Å². The van der Waals surface area contributed by atoms with Crippen LogP contribution >= 0.6 is 0 Å². The first-order chi connectivity index (χ1) is 15.0. The second kappa shape index (κ2) is 7.15. The predicted molar refractivity (Wildman–Crippen MR) is 111 cm³/mol. The van der Waals surface area contributed by atoms with E-state index in [9.17, 15) is 14.4 Å². The van der Waals surface area contributed by atoms with Crippen molar-refractivity contribution in [1.82, 2.24) is 30.3 Å². The van der Waals surface area contributed by atoms with Crippen molar-refractivity contribution in [2.45, 2.75) is 12.6 Å². The van der Waals surface area contributed by atoms with Crippen molar-refractivity contribution < 1.29 is 19.5 Å². The van der Waals surface area contributed by atoms with Crippen LogP contribution < -0.4 is 10.6 Å². The second-order valence-corrected chi connectivity index (χ2v) is 8.02. The molecule has 31 heavy (non-hydrogen) atoms. The van der Waals surface area contributed by atoms with Crippen LogP contribution in [0.5, 0.6) is 0 Å². The molecular weight excluding hydrogens is 400 g/mol. The number of aromatic amines is 1. The van der Waals surface area contributed by atoms with Crippen LogP contribution in [0, 0.1) is 11.8 Å². The Labute approximate surface area is 177 Å². The molecule has 1 saturated carbocycles. The maximum Gasteiger partial charge on any atom is 0.407 e. The molecule has 1 saturated heterocycles. The summed E-state index contributed by atoms with van der Waals surface area (Å²) in [5, 5.41) is 20.0. The highest BCUT2D eigenvalue weighted by molar-refractivity contribution is 5.98. The molecule has 0 radical (unpaired) electrons. The minimum atomic E-state index is -0.926. The van der Waals surface area contributed by atoms with Gasteiger partial charge < -0.3 is 25.6 Å².